The van der Waals surface area contributed by atoms with Crippen molar-refractivity contribution in [1.29, 1.82) is 0 Å². The minimum Gasteiger partial charge on any atom is -0.249 e. The maximum absolute atomic E-state index is 4.19. The van der Waals surface area contributed by atoms with Crippen LogP contribution in [0.1, 0.15) is 0 Å². The Bertz CT molecular complexity index is 437. The fourth-order valence-corrected chi connectivity index (χ4v) is 1.85. The van der Waals surface area contributed by atoms with Crippen LogP contribution in [0.5, 0.6) is 0 Å². The zero-order valence-corrected chi connectivity index (χ0v) is 10.4. The van der Waals surface area contributed by atoms with Crippen LogP contribution in [0, 0.1) is 0 Å². The Labute approximate surface area is 99.4 Å². The van der Waals surface area contributed by atoms with Gasteiger partial charge in [-0.1, -0.05) is 34.1 Å². The van der Waals surface area contributed by atoms with E-state index >= 15 is 0 Å². The second kappa shape index (κ2) is 4.24. The average molecular weight is 313 g/mol. The Kier molecular flexibility index (Phi) is 2.99. The molecule has 0 saturated carbocycles. The standard InChI is InChI=1S/C11H7Br2N/c12-10-3-1-2-8(6-10)9-4-5-11(13)14-7-9/h1-7H. The van der Waals surface area contributed by atoms with Gasteiger partial charge in [-0.3, -0.25) is 0 Å². The Balaban J connectivity index is 2.44. The van der Waals surface area contributed by atoms with Gasteiger partial charge in [0, 0.05) is 16.2 Å². The van der Waals surface area contributed by atoms with Crippen LogP contribution in [0.3, 0.4) is 0 Å². The second-order valence-electron chi connectivity index (χ2n) is 2.88. The van der Waals surface area contributed by atoms with Gasteiger partial charge in [-0.05, 0) is 39.7 Å². The van der Waals surface area contributed by atoms with Crippen molar-refractivity contribution in [1.82, 2.24) is 4.98 Å². The zero-order chi connectivity index (χ0) is 9.97. The highest BCUT2D eigenvalue weighted by Crippen LogP contribution is 2.22. The predicted molar refractivity (Wildman–Crippen MR) is 65.1 cm³/mol. The first-order chi connectivity index (χ1) is 6.75. The summed E-state index contributed by atoms with van der Waals surface area (Å²) in [7, 11) is 0. The van der Waals surface area contributed by atoms with Gasteiger partial charge in [0.25, 0.3) is 0 Å². The molecule has 1 heterocycles. The number of pyridine rings is 1. The Morgan fingerprint density at radius 1 is 0.929 bits per heavy atom. The predicted octanol–water partition coefficient (Wildman–Crippen LogP) is 4.27. The largest absolute Gasteiger partial charge is 0.249 e. The van der Waals surface area contributed by atoms with Gasteiger partial charge in [0.15, 0.2) is 0 Å². The van der Waals surface area contributed by atoms with Gasteiger partial charge < -0.3 is 0 Å². The summed E-state index contributed by atoms with van der Waals surface area (Å²) in [6.45, 7) is 0. The average Bonchev–Trinajstić information content (AvgIpc) is 2.19. The van der Waals surface area contributed by atoms with Gasteiger partial charge in [0.2, 0.25) is 0 Å². The van der Waals surface area contributed by atoms with E-state index in [1.165, 1.54) is 5.56 Å². The molecule has 0 aliphatic rings. The van der Waals surface area contributed by atoms with Crippen LogP contribution in [0.15, 0.2) is 51.7 Å². The van der Waals surface area contributed by atoms with Gasteiger partial charge in [-0.15, -0.1) is 0 Å². The Morgan fingerprint density at radius 3 is 2.43 bits per heavy atom. The molecule has 0 fully saturated rings. The summed E-state index contributed by atoms with van der Waals surface area (Å²) in [5, 5.41) is 0. The van der Waals surface area contributed by atoms with Gasteiger partial charge in [-0.25, -0.2) is 4.98 Å². The quantitative estimate of drug-likeness (QED) is 0.716. The van der Waals surface area contributed by atoms with E-state index < -0.39 is 0 Å². The summed E-state index contributed by atoms with van der Waals surface area (Å²) in [5.41, 5.74) is 2.29. The molecule has 2 aromatic rings. The third-order valence-corrected chi connectivity index (χ3v) is 2.85. The van der Waals surface area contributed by atoms with Crippen molar-refractivity contribution in [3.63, 3.8) is 0 Å². The van der Waals surface area contributed by atoms with Crippen LogP contribution in [0.25, 0.3) is 11.1 Å². The molecule has 2 rings (SSSR count). The molecular formula is C11H7Br2N. The third-order valence-electron chi connectivity index (χ3n) is 1.89. The molecule has 0 unspecified atom stereocenters. The molecule has 0 aliphatic carbocycles. The van der Waals surface area contributed by atoms with E-state index in [1.807, 2.05) is 30.5 Å². The minimum atomic E-state index is 0.858. The van der Waals surface area contributed by atoms with Gasteiger partial charge in [0.05, 0.1) is 0 Å². The first kappa shape index (κ1) is 9.87. The summed E-state index contributed by atoms with van der Waals surface area (Å²) >= 11 is 6.76. The molecule has 0 radical (unpaired) electrons. The van der Waals surface area contributed by atoms with Crippen LogP contribution < -0.4 is 0 Å². The second-order valence-corrected chi connectivity index (χ2v) is 4.61. The highest BCUT2D eigenvalue weighted by molar-refractivity contribution is 9.10. The number of hydrogen-bond acceptors (Lipinski definition) is 1. The fourth-order valence-electron chi connectivity index (χ4n) is 1.21. The summed E-state index contributed by atoms with van der Waals surface area (Å²) in [6.07, 6.45) is 1.85. The highest BCUT2D eigenvalue weighted by Gasteiger charge is 1.98. The number of halogens is 2. The van der Waals surface area contributed by atoms with E-state index in [9.17, 15) is 0 Å². The molecule has 0 spiro atoms. The molecule has 0 atom stereocenters. The first-order valence-electron chi connectivity index (χ1n) is 4.13. The maximum atomic E-state index is 4.19. The smallest absolute Gasteiger partial charge is 0.106 e. The lowest BCUT2D eigenvalue weighted by Crippen LogP contribution is -1.80. The van der Waals surface area contributed by atoms with Crippen molar-refractivity contribution < 1.29 is 0 Å². The molecular weight excluding hydrogens is 306 g/mol. The van der Waals surface area contributed by atoms with Crippen LogP contribution >= 0.6 is 31.9 Å². The summed E-state index contributed by atoms with van der Waals surface area (Å²) in [5.74, 6) is 0. The van der Waals surface area contributed by atoms with Crippen LogP contribution in [-0.2, 0) is 0 Å². The van der Waals surface area contributed by atoms with Crippen molar-refractivity contribution >= 4 is 31.9 Å². The summed E-state index contributed by atoms with van der Waals surface area (Å²) in [6, 6.07) is 12.1. The van der Waals surface area contributed by atoms with Gasteiger partial charge in [-0.2, -0.15) is 0 Å². The van der Waals surface area contributed by atoms with Gasteiger partial charge >= 0.3 is 0 Å². The van der Waals surface area contributed by atoms with Crippen molar-refractivity contribution in [3.8, 4) is 11.1 Å². The Morgan fingerprint density at radius 2 is 1.79 bits per heavy atom. The fraction of sp³-hybridized carbons (Fsp3) is 0. The van der Waals surface area contributed by atoms with Crippen LogP contribution in [-0.4, -0.2) is 4.98 Å². The topological polar surface area (TPSA) is 12.9 Å². The molecule has 14 heavy (non-hydrogen) atoms. The highest BCUT2D eigenvalue weighted by atomic mass is 79.9. The summed E-state index contributed by atoms with van der Waals surface area (Å²) < 4.78 is 1.94. The van der Waals surface area contributed by atoms with Crippen molar-refractivity contribution in [2.24, 2.45) is 0 Å². The van der Waals surface area contributed by atoms with Crippen molar-refractivity contribution in [2.45, 2.75) is 0 Å². The first-order valence-corrected chi connectivity index (χ1v) is 5.72. The number of aromatic nitrogens is 1. The third kappa shape index (κ3) is 2.22. The molecule has 3 heteroatoms. The zero-order valence-electron chi connectivity index (χ0n) is 7.24. The molecule has 0 aliphatic heterocycles. The Hall–Kier alpha value is -0.670. The van der Waals surface area contributed by atoms with E-state index in [4.69, 9.17) is 0 Å². The molecule has 0 bridgehead atoms. The minimum absolute atomic E-state index is 0.858. The lowest BCUT2D eigenvalue weighted by Gasteiger charge is -2.01. The number of benzene rings is 1. The van der Waals surface area contributed by atoms with E-state index in [0.717, 1.165) is 14.6 Å². The number of nitrogens with zero attached hydrogens (tertiary/aromatic N) is 1. The summed E-state index contributed by atoms with van der Waals surface area (Å²) in [4.78, 5) is 4.19. The molecule has 0 N–H and O–H groups in total. The van der Waals surface area contributed by atoms with E-state index in [1.54, 1.807) is 0 Å². The maximum Gasteiger partial charge on any atom is 0.106 e. The normalized spacial score (nSPS) is 10.1. The van der Waals surface area contributed by atoms with E-state index in [-0.39, 0.29) is 0 Å². The van der Waals surface area contributed by atoms with Crippen LogP contribution in [0.4, 0.5) is 0 Å². The van der Waals surface area contributed by atoms with Crippen molar-refractivity contribution in [3.05, 3.63) is 51.7 Å². The molecule has 0 amide bonds. The van der Waals surface area contributed by atoms with Crippen LogP contribution in [0.2, 0.25) is 0 Å². The molecule has 0 saturated heterocycles. The molecule has 1 aromatic heterocycles. The SMILES string of the molecule is Brc1cccc(-c2ccc(Br)nc2)c1. The number of hydrogen-bond donors (Lipinski definition) is 0. The monoisotopic (exact) mass is 311 g/mol. The van der Waals surface area contributed by atoms with E-state index in [0.29, 0.717) is 0 Å². The van der Waals surface area contributed by atoms with E-state index in [2.05, 4.69) is 49.0 Å². The molecule has 70 valence electrons. The van der Waals surface area contributed by atoms with Gasteiger partial charge in [0.1, 0.15) is 4.60 Å². The lowest BCUT2D eigenvalue weighted by atomic mass is 10.1. The number of rotatable bonds is 1. The lowest BCUT2D eigenvalue weighted by molar-refractivity contribution is 1.28. The molecule has 1 aromatic carbocycles. The van der Waals surface area contributed by atoms with Crippen molar-refractivity contribution in [2.75, 3.05) is 0 Å². The molecule has 1 nitrogen and oxygen atoms in total.